The van der Waals surface area contributed by atoms with Crippen molar-refractivity contribution in [3.05, 3.63) is 194 Å². The van der Waals surface area contributed by atoms with Gasteiger partial charge in [0, 0.05) is 38.2 Å². The van der Waals surface area contributed by atoms with Gasteiger partial charge in [0.15, 0.2) is 11.6 Å². The van der Waals surface area contributed by atoms with E-state index in [4.69, 9.17) is 19.4 Å². The smallest absolute Gasteiger partial charge is 0.238 e. The van der Waals surface area contributed by atoms with Crippen molar-refractivity contribution in [3.63, 3.8) is 0 Å². The van der Waals surface area contributed by atoms with Gasteiger partial charge in [0.1, 0.15) is 11.2 Å². The third-order valence-corrected chi connectivity index (χ3v) is 10.7. The minimum Gasteiger partial charge on any atom is -0.456 e. The number of benzene rings is 8. The quantitative estimate of drug-likeness (QED) is 0.172. The number of hydrogen-bond acceptors (Lipinski definition) is 4. The number of aromatic nitrogens is 4. The standard InChI is InChI=1S/C51H32N4O/c1-4-15-33(16-5-1)36-21-14-22-38(31-36)50-52-49(35-19-8-3-9-20-35)53-51(54-50)55-43-25-12-10-23-40(43)41-28-27-37(32-44(41)55)39-29-30-46-48(42-24-11-13-26-45(42)56-46)47(39)34-17-6-2-7-18-34/h1-32H. The predicted molar refractivity (Wildman–Crippen MR) is 229 cm³/mol. The van der Waals surface area contributed by atoms with Gasteiger partial charge in [-0.15, -0.1) is 0 Å². The van der Waals surface area contributed by atoms with Crippen LogP contribution >= 0.6 is 0 Å². The van der Waals surface area contributed by atoms with E-state index in [2.05, 4.69) is 150 Å². The second-order valence-electron chi connectivity index (χ2n) is 14.0. The zero-order valence-corrected chi connectivity index (χ0v) is 30.2. The Morgan fingerprint density at radius 1 is 0.357 bits per heavy atom. The van der Waals surface area contributed by atoms with E-state index in [-0.39, 0.29) is 0 Å². The highest BCUT2D eigenvalue weighted by Crippen LogP contribution is 2.44. The fraction of sp³-hybridized carbons (Fsp3) is 0. The van der Waals surface area contributed by atoms with Crippen molar-refractivity contribution >= 4 is 43.7 Å². The van der Waals surface area contributed by atoms with E-state index >= 15 is 0 Å². The van der Waals surface area contributed by atoms with Crippen LogP contribution in [0.5, 0.6) is 0 Å². The predicted octanol–water partition coefficient (Wildman–Crippen LogP) is 13.2. The lowest BCUT2D eigenvalue weighted by molar-refractivity contribution is 0.669. The third-order valence-electron chi connectivity index (χ3n) is 10.7. The third kappa shape index (κ3) is 5.29. The largest absolute Gasteiger partial charge is 0.456 e. The van der Waals surface area contributed by atoms with Crippen molar-refractivity contribution in [2.45, 2.75) is 0 Å². The molecule has 0 saturated carbocycles. The lowest BCUT2D eigenvalue weighted by Crippen LogP contribution is -2.06. The van der Waals surface area contributed by atoms with Crippen molar-refractivity contribution in [1.29, 1.82) is 0 Å². The Bertz CT molecular complexity index is 3240. The van der Waals surface area contributed by atoms with Crippen molar-refractivity contribution in [2.24, 2.45) is 0 Å². The lowest BCUT2D eigenvalue weighted by atomic mass is 9.90. The molecule has 11 aromatic rings. The van der Waals surface area contributed by atoms with Crippen LogP contribution < -0.4 is 0 Å². The summed E-state index contributed by atoms with van der Waals surface area (Å²) in [6.07, 6.45) is 0. The van der Waals surface area contributed by atoms with E-state index in [9.17, 15) is 0 Å². The van der Waals surface area contributed by atoms with Gasteiger partial charge in [-0.1, -0.05) is 164 Å². The van der Waals surface area contributed by atoms with Crippen LogP contribution in [0.1, 0.15) is 0 Å². The molecule has 0 saturated heterocycles. The molecule has 11 rings (SSSR count). The van der Waals surface area contributed by atoms with E-state index in [1.165, 1.54) is 0 Å². The molecule has 8 aromatic carbocycles. The Balaban J connectivity index is 1.17. The topological polar surface area (TPSA) is 56.7 Å². The number of rotatable bonds is 6. The molecule has 0 unspecified atom stereocenters. The van der Waals surface area contributed by atoms with Gasteiger partial charge in [0.2, 0.25) is 5.95 Å². The van der Waals surface area contributed by atoms with Crippen LogP contribution in [-0.4, -0.2) is 19.5 Å². The van der Waals surface area contributed by atoms with Crippen LogP contribution in [0.25, 0.3) is 106 Å². The van der Waals surface area contributed by atoms with Crippen LogP contribution in [-0.2, 0) is 0 Å². The van der Waals surface area contributed by atoms with E-state index in [0.29, 0.717) is 17.6 Å². The molecule has 0 aliphatic carbocycles. The molecule has 0 aliphatic heterocycles. The average molecular weight is 717 g/mol. The Morgan fingerprint density at radius 2 is 0.964 bits per heavy atom. The monoisotopic (exact) mass is 716 g/mol. The van der Waals surface area contributed by atoms with Gasteiger partial charge in [-0.25, -0.2) is 4.98 Å². The van der Waals surface area contributed by atoms with Gasteiger partial charge in [-0.05, 0) is 58.1 Å². The van der Waals surface area contributed by atoms with Gasteiger partial charge < -0.3 is 4.42 Å². The van der Waals surface area contributed by atoms with Crippen molar-refractivity contribution in [2.75, 3.05) is 0 Å². The molecule has 0 aliphatic rings. The molecule has 0 fully saturated rings. The molecule has 0 atom stereocenters. The lowest BCUT2D eigenvalue weighted by Gasteiger charge is -2.14. The fourth-order valence-electron chi connectivity index (χ4n) is 8.09. The van der Waals surface area contributed by atoms with Crippen molar-refractivity contribution < 1.29 is 4.42 Å². The second kappa shape index (κ2) is 13.0. The minimum absolute atomic E-state index is 0.557. The van der Waals surface area contributed by atoms with E-state index < -0.39 is 0 Å². The summed E-state index contributed by atoms with van der Waals surface area (Å²) in [5.74, 6) is 1.78. The van der Waals surface area contributed by atoms with Gasteiger partial charge in [-0.2, -0.15) is 9.97 Å². The first kappa shape index (κ1) is 31.9. The molecule has 56 heavy (non-hydrogen) atoms. The SMILES string of the molecule is c1ccc(-c2cccc(-c3nc(-c4ccccc4)nc(-n4c5ccccc5c5ccc(-c6ccc7oc8ccccc8c7c6-c6ccccc6)cc54)n3)c2)cc1. The number of para-hydroxylation sites is 2. The van der Waals surface area contributed by atoms with Gasteiger partial charge in [0.25, 0.3) is 0 Å². The maximum atomic E-state index is 6.39. The molecular formula is C51H32N4O. The second-order valence-corrected chi connectivity index (χ2v) is 14.0. The molecule has 262 valence electrons. The van der Waals surface area contributed by atoms with Gasteiger partial charge in [0.05, 0.1) is 11.0 Å². The van der Waals surface area contributed by atoms with Crippen LogP contribution in [0.2, 0.25) is 0 Å². The first-order valence-corrected chi connectivity index (χ1v) is 18.8. The zero-order chi connectivity index (χ0) is 37.0. The molecule has 5 heteroatoms. The number of nitrogens with zero attached hydrogens (tertiary/aromatic N) is 4. The Morgan fingerprint density at radius 3 is 1.75 bits per heavy atom. The van der Waals surface area contributed by atoms with Crippen LogP contribution in [0.3, 0.4) is 0 Å². The number of furan rings is 1. The summed E-state index contributed by atoms with van der Waals surface area (Å²) in [6, 6.07) is 67.4. The van der Waals surface area contributed by atoms with E-state index in [1.54, 1.807) is 0 Å². The average Bonchev–Trinajstić information content (AvgIpc) is 3.82. The van der Waals surface area contributed by atoms with Crippen molar-refractivity contribution in [3.8, 4) is 62.1 Å². The summed E-state index contributed by atoms with van der Waals surface area (Å²) >= 11 is 0. The van der Waals surface area contributed by atoms with Crippen molar-refractivity contribution in [1.82, 2.24) is 19.5 Å². The number of hydrogen-bond donors (Lipinski definition) is 0. The van der Waals surface area contributed by atoms with Gasteiger partial charge in [-0.3, -0.25) is 4.57 Å². The maximum Gasteiger partial charge on any atom is 0.238 e. The molecule has 0 bridgehead atoms. The normalized spacial score (nSPS) is 11.6. The summed E-state index contributed by atoms with van der Waals surface area (Å²) < 4.78 is 8.59. The molecule has 0 amide bonds. The highest BCUT2D eigenvalue weighted by Gasteiger charge is 2.21. The summed E-state index contributed by atoms with van der Waals surface area (Å²) in [5, 5.41) is 4.45. The fourth-order valence-corrected chi connectivity index (χ4v) is 8.09. The molecular weight excluding hydrogens is 685 g/mol. The summed E-state index contributed by atoms with van der Waals surface area (Å²) in [7, 11) is 0. The summed E-state index contributed by atoms with van der Waals surface area (Å²) in [5.41, 5.74) is 12.3. The van der Waals surface area contributed by atoms with Gasteiger partial charge >= 0.3 is 0 Å². The highest BCUT2D eigenvalue weighted by atomic mass is 16.3. The molecule has 0 radical (unpaired) electrons. The first-order chi connectivity index (χ1) is 27.8. The zero-order valence-electron chi connectivity index (χ0n) is 30.2. The Labute approximate surface area is 322 Å². The minimum atomic E-state index is 0.557. The van der Waals surface area contributed by atoms with E-state index in [0.717, 1.165) is 88.3 Å². The Hall–Kier alpha value is -7.63. The summed E-state index contributed by atoms with van der Waals surface area (Å²) in [4.78, 5) is 15.6. The molecule has 5 nitrogen and oxygen atoms in total. The highest BCUT2D eigenvalue weighted by molar-refractivity contribution is 6.17. The number of fused-ring (bicyclic) bond motifs is 6. The maximum absolute atomic E-state index is 6.39. The summed E-state index contributed by atoms with van der Waals surface area (Å²) in [6.45, 7) is 0. The van der Waals surface area contributed by atoms with E-state index in [1.807, 2.05) is 48.5 Å². The first-order valence-electron chi connectivity index (χ1n) is 18.8. The molecule has 0 spiro atoms. The molecule has 0 N–H and O–H groups in total. The molecule has 3 heterocycles. The Kier molecular flexibility index (Phi) is 7.42. The molecule has 3 aromatic heterocycles. The van der Waals surface area contributed by atoms with Crippen LogP contribution in [0, 0.1) is 0 Å². The van der Waals surface area contributed by atoms with Crippen LogP contribution in [0.15, 0.2) is 199 Å². The van der Waals surface area contributed by atoms with Crippen LogP contribution in [0.4, 0.5) is 0 Å².